The van der Waals surface area contributed by atoms with Crippen molar-refractivity contribution in [1.29, 1.82) is 0 Å². The van der Waals surface area contributed by atoms with Crippen molar-refractivity contribution in [2.24, 2.45) is 11.7 Å². The molecular weight excluding hydrogens is 196 g/mol. The minimum Gasteiger partial charge on any atom is -0.330 e. The van der Waals surface area contributed by atoms with Crippen LogP contribution in [0.2, 0.25) is 0 Å². The van der Waals surface area contributed by atoms with Crippen LogP contribution >= 0.6 is 0 Å². The fourth-order valence-corrected chi connectivity index (χ4v) is 1.96. The van der Waals surface area contributed by atoms with Gasteiger partial charge in [-0.25, -0.2) is 0 Å². The normalized spacial score (nSPS) is 13.3. The summed E-state index contributed by atoms with van der Waals surface area (Å²) in [6.45, 7) is 11.5. The van der Waals surface area contributed by atoms with Crippen molar-refractivity contribution in [1.82, 2.24) is 4.90 Å². The molecular formula is C14H32N2. The molecule has 2 N–H and O–H groups in total. The minimum absolute atomic E-state index is 0.845. The molecule has 0 aromatic heterocycles. The fraction of sp³-hybridized carbons (Fsp3) is 1.00. The van der Waals surface area contributed by atoms with Gasteiger partial charge in [0.1, 0.15) is 0 Å². The number of nitrogens with zero attached hydrogens (tertiary/aromatic N) is 1. The third-order valence-corrected chi connectivity index (χ3v) is 3.39. The van der Waals surface area contributed by atoms with E-state index in [-0.39, 0.29) is 0 Å². The second-order valence-electron chi connectivity index (χ2n) is 4.96. The average Bonchev–Trinajstić information content (AvgIpc) is 2.31. The van der Waals surface area contributed by atoms with Gasteiger partial charge in [-0.2, -0.15) is 0 Å². The number of unbranched alkanes of at least 4 members (excludes halogenated alkanes) is 4. The van der Waals surface area contributed by atoms with Crippen LogP contribution in [0.3, 0.4) is 0 Å². The summed E-state index contributed by atoms with van der Waals surface area (Å²) >= 11 is 0. The van der Waals surface area contributed by atoms with Crippen LogP contribution in [0.15, 0.2) is 0 Å². The highest BCUT2D eigenvalue weighted by molar-refractivity contribution is 4.60. The summed E-state index contributed by atoms with van der Waals surface area (Å²) in [6, 6.07) is 0. The molecule has 0 aliphatic heterocycles. The molecule has 2 heteroatoms. The molecule has 0 saturated carbocycles. The third-order valence-electron chi connectivity index (χ3n) is 3.39. The Morgan fingerprint density at radius 3 is 2.19 bits per heavy atom. The molecule has 0 heterocycles. The van der Waals surface area contributed by atoms with Gasteiger partial charge in [0, 0.05) is 6.54 Å². The van der Waals surface area contributed by atoms with Crippen molar-refractivity contribution in [2.75, 3.05) is 26.2 Å². The van der Waals surface area contributed by atoms with Crippen molar-refractivity contribution >= 4 is 0 Å². The quantitative estimate of drug-likeness (QED) is 0.550. The SMILES string of the molecule is CCC(C)CN(CC)CCCCCCCN. The summed E-state index contributed by atoms with van der Waals surface area (Å²) in [4.78, 5) is 2.59. The Morgan fingerprint density at radius 1 is 1.00 bits per heavy atom. The number of hydrogen-bond donors (Lipinski definition) is 1. The van der Waals surface area contributed by atoms with Crippen LogP contribution in [0.1, 0.15) is 59.3 Å². The van der Waals surface area contributed by atoms with E-state index in [1.165, 1.54) is 58.2 Å². The standard InChI is InChI=1S/C14H32N2/c1-4-14(3)13-16(5-2)12-10-8-6-7-9-11-15/h14H,4-13,15H2,1-3H3. The monoisotopic (exact) mass is 228 g/mol. The summed E-state index contributed by atoms with van der Waals surface area (Å²) in [5, 5.41) is 0. The summed E-state index contributed by atoms with van der Waals surface area (Å²) in [5.41, 5.74) is 5.47. The lowest BCUT2D eigenvalue weighted by atomic mass is 10.1. The maximum Gasteiger partial charge on any atom is 0.000680 e. The van der Waals surface area contributed by atoms with Crippen LogP contribution < -0.4 is 5.73 Å². The van der Waals surface area contributed by atoms with Gasteiger partial charge in [0.2, 0.25) is 0 Å². The van der Waals surface area contributed by atoms with Crippen molar-refractivity contribution in [3.8, 4) is 0 Å². The third kappa shape index (κ3) is 9.17. The zero-order valence-corrected chi connectivity index (χ0v) is 11.7. The zero-order valence-electron chi connectivity index (χ0n) is 11.7. The minimum atomic E-state index is 0.845. The van der Waals surface area contributed by atoms with Crippen molar-refractivity contribution in [3.63, 3.8) is 0 Å². The van der Waals surface area contributed by atoms with E-state index in [0.717, 1.165) is 12.5 Å². The van der Waals surface area contributed by atoms with Crippen molar-refractivity contribution in [3.05, 3.63) is 0 Å². The van der Waals surface area contributed by atoms with E-state index in [0.29, 0.717) is 0 Å². The number of nitrogens with two attached hydrogens (primary N) is 1. The van der Waals surface area contributed by atoms with E-state index >= 15 is 0 Å². The first-order valence-electron chi connectivity index (χ1n) is 7.16. The Labute approximate surface area is 103 Å². The van der Waals surface area contributed by atoms with Crippen LogP contribution in [0.4, 0.5) is 0 Å². The fourth-order valence-electron chi connectivity index (χ4n) is 1.96. The molecule has 2 nitrogen and oxygen atoms in total. The lowest BCUT2D eigenvalue weighted by molar-refractivity contribution is 0.240. The molecule has 0 spiro atoms. The van der Waals surface area contributed by atoms with Gasteiger partial charge in [0.25, 0.3) is 0 Å². The Hall–Kier alpha value is -0.0800. The second-order valence-corrected chi connectivity index (χ2v) is 4.96. The highest BCUT2D eigenvalue weighted by atomic mass is 15.1. The van der Waals surface area contributed by atoms with Gasteiger partial charge < -0.3 is 10.6 Å². The summed E-state index contributed by atoms with van der Waals surface area (Å²) in [7, 11) is 0. The Balaban J connectivity index is 3.40. The molecule has 0 aromatic rings. The highest BCUT2D eigenvalue weighted by Crippen LogP contribution is 2.07. The average molecular weight is 228 g/mol. The largest absolute Gasteiger partial charge is 0.330 e. The van der Waals surface area contributed by atoms with E-state index in [2.05, 4.69) is 25.7 Å². The molecule has 0 aliphatic carbocycles. The van der Waals surface area contributed by atoms with Crippen LogP contribution in [0.5, 0.6) is 0 Å². The molecule has 0 amide bonds. The maximum absolute atomic E-state index is 5.47. The van der Waals surface area contributed by atoms with E-state index < -0.39 is 0 Å². The molecule has 1 atom stereocenters. The van der Waals surface area contributed by atoms with E-state index in [1.54, 1.807) is 0 Å². The van der Waals surface area contributed by atoms with Gasteiger partial charge in [-0.15, -0.1) is 0 Å². The first kappa shape index (κ1) is 15.9. The molecule has 1 unspecified atom stereocenters. The van der Waals surface area contributed by atoms with Crippen molar-refractivity contribution in [2.45, 2.75) is 59.3 Å². The lowest BCUT2D eigenvalue weighted by Gasteiger charge is -2.23. The number of rotatable bonds is 11. The van der Waals surface area contributed by atoms with Gasteiger partial charge in [-0.1, -0.05) is 46.5 Å². The molecule has 0 bridgehead atoms. The number of hydrogen-bond acceptors (Lipinski definition) is 2. The van der Waals surface area contributed by atoms with Gasteiger partial charge >= 0.3 is 0 Å². The van der Waals surface area contributed by atoms with E-state index in [4.69, 9.17) is 5.73 Å². The second kappa shape index (κ2) is 11.4. The van der Waals surface area contributed by atoms with Crippen LogP contribution in [0, 0.1) is 5.92 Å². The zero-order chi connectivity index (χ0) is 12.2. The van der Waals surface area contributed by atoms with Crippen LogP contribution in [-0.2, 0) is 0 Å². The molecule has 0 radical (unpaired) electrons. The molecule has 0 aromatic carbocycles. The first-order chi connectivity index (χ1) is 7.74. The van der Waals surface area contributed by atoms with Gasteiger partial charge in [0.05, 0.1) is 0 Å². The van der Waals surface area contributed by atoms with E-state index in [1.807, 2.05) is 0 Å². The Bertz CT molecular complexity index is 137. The summed E-state index contributed by atoms with van der Waals surface area (Å²) in [6.07, 6.45) is 7.90. The maximum atomic E-state index is 5.47. The summed E-state index contributed by atoms with van der Waals surface area (Å²) < 4.78 is 0. The van der Waals surface area contributed by atoms with Gasteiger partial charge in [0.15, 0.2) is 0 Å². The molecule has 0 saturated heterocycles. The Kier molecular flexibility index (Phi) is 11.3. The van der Waals surface area contributed by atoms with Crippen LogP contribution in [0.25, 0.3) is 0 Å². The Morgan fingerprint density at radius 2 is 1.62 bits per heavy atom. The van der Waals surface area contributed by atoms with E-state index in [9.17, 15) is 0 Å². The van der Waals surface area contributed by atoms with Crippen molar-refractivity contribution < 1.29 is 0 Å². The molecule has 0 fully saturated rings. The highest BCUT2D eigenvalue weighted by Gasteiger charge is 2.06. The van der Waals surface area contributed by atoms with Crippen LogP contribution in [-0.4, -0.2) is 31.1 Å². The smallest absolute Gasteiger partial charge is 0.000680 e. The van der Waals surface area contributed by atoms with Gasteiger partial charge in [-0.05, 0) is 38.4 Å². The predicted octanol–water partition coefficient (Wildman–Crippen LogP) is 3.26. The molecule has 16 heavy (non-hydrogen) atoms. The van der Waals surface area contributed by atoms with Gasteiger partial charge in [-0.3, -0.25) is 0 Å². The molecule has 0 aliphatic rings. The summed E-state index contributed by atoms with van der Waals surface area (Å²) in [5.74, 6) is 0.845. The lowest BCUT2D eigenvalue weighted by Crippen LogP contribution is -2.29. The molecule has 98 valence electrons. The molecule has 0 rings (SSSR count). The first-order valence-corrected chi connectivity index (χ1v) is 7.16. The topological polar surface area (TPSA) is 29.3 Å². The predicted molar refractivity (Wildman–Crippen MR) is 73.7 cm³/mol.